The molecule has 0 radical (unpaired) electrons. The highest BCUT2D eigenvalue weighted by Crippen LogP contribution is 2.23. The molecule has 2 aromatic heterocycles. The minimum Gasteiger partial charge on any atom is -0.482 e. The minimum absolute atomic E-state index is 0.626. The average Bonchev–Trinajstić information content (AvgIpc) is 2.91. The summed E-state index contributed by atoms with van der Waals surface area (Å²) in [7, 11) is 1.63. The molecule has 0 aliphatic rings. The first-order chi connectivity index (χ1) is 9.31. The van der Waals surface area contributed by atoms with Gasteiger partial charge in [0, 0.05) is 11.8 Å². The topological polar surface area (TPSA) is 50.3 Å². The molecule has 0 fully saturated rings. The van der Waals surface area contributed by atoms with Gasteiger partial charge in [-0.15, -0.1) is 0 Å². The molecule has 0 bridgehead atoms. The van der Waals surface area contributed by atoms with Gasteiger partial charge in [0.25, 0.3) is 0 Å². The van der Waals surface area contributed by atoms with E-state index in [-0.39, 0.29) is 0 Å². The number of ether oxygens (including phenoxy) is 1. The molecule has 1 aromatic carbocycles. The fourth-order valence-corrected chi connectivity index (χ4v) is 2.04. The van der Waals surface area contributed by atoms with Crippen molar-refractivity contribution in [3.8, 4) is 23.2 Å². The summed E-state index contributed by atoms with van der Waals surface area (Å²) in [6.45, 7) is 0. The summed E-state index contributed by atoms with van der Waals surface area (Å²) in [6.07, 6.45) is 1.91. The van der Waals surface area contributed by atoms with Crippen LogP contribution in [0.15, 0.2) is 48.7 Å². The van der Waals surface area contributed by atoms with Crippen molar-refractivity contribution in [2.45, 2.75) is 0 Å². The van der Waals surface area contributed by atoms with E-state index in [2.05, 4.69) is 11.1 Å². The maximum atomic E-state index is 8.94. The summed E-state index contributed by atoms with van der Waals surface area (Å²) in [5.41, 5.74) is 3.18. The fraction of sp³-hybridized carbons (Fsp3) is 0.0667. The second-order valence-corrected chi connectivity index (χ2v) is 4.12. The molecule has 19 heavy (non-hydrogen) atoms. The van der Waals surface area contributed by atoms with Crippen LogP contribution < -0.4 is 4.74 Å². The van der Waals surface area contributed by atoms with Gasteiger partial charge in [-0.1, -0.05) is 18.2 Å². The third-order valence-corrected chi connectivity index (χ3v) is 2.95. The molecular weight excluding hydrogens is 238 g/mol. The molecule has 0 amide bonds. The van der Waals surface area contributed by atoms with Crippen LogP contribution in [0.1, 0.15) is 5.56 Å². The zero-order chi connectivity index (χ0) is 13.2. The van der Waals surface area contributed by atoms with E-state index in [0.29, 0.717) is 5.56 Å². The number of benzene rings is 1. The van der Waals surface area contributed by atoms with E-state index in [0.717, 1.165) is 22.8 Å². The van der Waals surface area contributed by atoms with Gasteiger partial charge < -0.3 is 4.74 Å². The number of aromatic nitrogens is 2. The van der Waals surface area contributed by atoms with E-state index in [1.807, 2.05) is 47.0 Å². The Morgan fingerprint density at radius 1 is 1.21 bits per heavy atom. The molecule has 0 N–H and O–H groups in total. The molecule has 0 saturated heterocycles. The quantitative estimate of drug-likeness (QED) is 0.701. The Labute approximate surface area is 110 Å². The number of nitriles is 1. The predicted molar refractivity (Wildman–Crippen MR) is 71.9 cm³/mol. The van der Waals surface area contributed by atoms with E-state index in [1.165, 1.54) is 0 Å². The van der Waals surface area contributed by atoms with Crippen molar-refractivity contribution < 1.29 is 4.74 Å². The van der Waals surface area contributed by atoms with Crippen LogP contribution in [0.5, 0.6) is 5.88 Å². The third-order valence-electron chi connectivity index (χ3n) is 2.95. The molecule has 4 heteroatoms. The highest BCUT2D eigenvalue weighted by Gasteiger charge is 2.07. The molecule has 0 aliphatic heterocycles. The standard InChI is InChI=1S/C15H11N3O/c1-19-15-7-3-6-14-17-13(10-18(14)15)12-5-2-4-11(8-12)9-16/h2-8,10H,1H3. The van der Waals surface area contributed by atoms with Gasteiger partial charge in [-0.3, -0.25) is 4.40 Å². The Hall–Kier alpha value is -2.80. The summed E-state index contributed by atoms with van der Waals surface area (Å²) >= 11 is 0. The molecule has 0 aliphatic carbocycles. The van der Waals surface area contributed by atoms with Crippen molar-refractivity contribution in [1.29, 1.82) is 5.26 Å². The van der Waals surface area contributed by atoms with Crippen molar-refractivity contribution >= 4 is 5.65 Å². The lowest BCUT2D eigenvalue weighted by molar-refractivity contribution is 0.392. The molecule has 2 heterocycles. The van der Waals surface area contributed by atoms with E-state index in [1.54, 1.807) is 13.2 Å². The van der Waals surface area contributed by atoms with E-state index < -0.39 is 0 Å². The summed E-state index contributed by atoms with van der Waals surface area (Å²) in [4.78, 5) is 4.54. The van der Waals surface area contributed by atoms with Crippen LogP contribution in [0.4, 0.5) is 0 Å². The molecule has 3 rings (SSSR count). The van der Waals surface area contributed by atoms with Crippen LogP contribution >= 0.6 is 0 Å². The fourth-order valence-electron chi connectivity index (χ4n) is 2.04. The molecule has 3 aromatic rings. The minimum atomic E-state index is 0.626. The maximum Gasteiger partial charge on any atom is 0.198 e. The number of rotatable bonds is 2. The van der Waals surface area contributed by atoms with Crippen LogP contribution in [-0.2, 0) is 0 Å². The maximum absolute atomic E-state index is 8.94. The predicted octanol–water partition coefficient (Wildman–Crippen LogP) is 2.88. The first kappa shape index (κ1) is 11.3. The number of nitrogens with zero attached hydrogens (tertiary/aromatic N) is 3. The third kappa shape index (κ3) is 1.91. The smallest absolute Gasteiger partial charge is 0.198 e. The second-order valence-electron chi connectivity index (χ2n) is 4.12. The highest BCUT2D eigenvalue weighted by atomic mass is 16.5. The van der Waals surface area contributed by atoms with Crippen molar-refractivity contribution in [1.82, 2.24) is 9.38 Å². The van der Waals surface area contributed by atoms with Crippen molar-refractivity contribution in [2.24, 2.45) is 0 Å². The number of hydrogen-bond acceptors (Lipinski definition) is 3. The molecular formula is C15H11N3O. The summed E-state index contributed by atoms with van der Waals surface area (Å²) in [5.74, 6) is 0.729. The lowest BCUT2D eigenvalue weighted by Crippen LogP contribution is -1.91. The van der Waals surface area contributed by atoms with Gasteiger partial charge in [0.05, 0.1) is 24.4 Å². The molecule has 92 valence electrons. The molecule has 4 nitrogen and oxygen atoms in total. The Morgan fingerprint density at radius 3 is 2.84 bits per heavy atom. The van der Waals surface area contributed by atoms with Gasteiger partial charge in [-0.05, 0) is 24.3 Å². The molecule has 0 spiro atoms. The average molecular weight is 249 g/mol. The zero-order valence-electron chi connectivity index (χ0n) is 10.4. The van der Waals surface area contributed by atoms with Gasteiger partial charge in [-0.2, -0.15) is 5.26 Å². The van der Waals surface area contributed by atoms with Crippen LogP contribution in [0.25, 0.3) is 16.9 Å². The van der Waals surface area contributed by atoms with Gasteiger partial charge in [0.15, 0.2) is 5.88 Å². The van der Waals surface area contributed by atoms with E-state index in [9.17, 15) is 0 Å². The van der Waals surface area contributed by atoms with E-state index in [4.69, 9.17) is 10.00 Å². The lowest BCUT2D eigenvalue weighted by Gasteiger charge is -2.01. The Morgan fingerprint density at radius 2 is 2.05 bits per heavy atom. The number of fused-ring (bicyclic) bond motifs is 1. The number of hydrogen-bond donors (Lipinski definition) is 0. The first-order valence-corrected chi connectivity index (χ1v) is 5.84. The summed E-state index contributed by atoms with van der Waals surface area (Å²) in [5, 5.41) is 8.94. The summed E-state index contributed by atoms with van der Waals surface area (Å²) in [6, 6.07) is 15.2. The summed E-state index contributed by atoms with van der Waals surface area (Å²) < 4.78 is 7.18. The monoisotopic (exact) mass is 249 g/mol. The highest BCUT2D eigenvalue weighted by molar-refractivity contribution is 5.64. The molecule has 0 saturated carbocycles. The first-order valence-electron chi connectivity index (χ1n) is 5.84. The van der Waals surface area contributed by atoms with Gasteiger partial charge in [-0.25, -0.2) is 4.98 Å². The molecule has 0 unspecified atom stereocenters. The van der Waals surface area contributed by atoms with Gasteiger partial charge in [0.2, 0.25) is 0 Å². The lowest BCUT2D eigenvalue weighted by atomic mass is 10.1. The second kappa shape index (κ2) is 4.46. The largest absolute Gasteiger partial charge is 0.482 e. The van der Waals surface area contributed by atoms with Gasteiger partial charge in [0.1, 0.15) is 5.65 Å². The Bertz CT molecular complexity index is 783. The number of imidazole rings is 1. The number of methoxy groups -OCH3 is 1. The van der Waals surface area contributed by atoms with Crippen molar-refractivity contribution in [3.05, 3.63) is 54.2 Å². The van der Waals surface area contributed by atoms with Crippen LogP contribution in [0.3, 0.4) is 0 Å². The zero-order valence-corrected chi connectivity index (χ0v) is 10.4. The van der Waals surface area contributed by atoms with Gasteiger partial charge >= 0.3 is 0 Å². The normalized spacial score (nSPS) is 10.3. The molecule has 0 atom stereocenters. The van der Waals surface area contributed by atoms with Crippen LogP contribution in [0.2, 0.25) is 0 Å². The SMILES string of the molecule is COc1cccc2nc(-c3cccc(C#N)c3)cn12. The van der Waals surface area contributed by atoms with Crippen molar-refractivity contribution in [2.75, 3.05) is 7.11 Å². The van der Waals surface area contributed by atoms with Crippen LogP contribution in [-0.4, -0.2) is 16.5 Å². The van der Waals surface area contributed by atoms with Crippen LogP contribution in [0, 0.1) is 11.3 Å². The number of pyridine rings is 1. The van der Waals surface area contributed by atoms with Crippen molar-refractivity contribution in [3.63, 3.8) is 0 Å². The Kier molecular flexibility index (Phi) is 2.66. The van der Waals surface area contributed by atoms with E-state index >= 15 is 0 Å². The Balaban J connectivity index is 2.18.